The number of unbranched alkanes of at least 4 members (excludes halogenated alkanes) is 3. The molecule has 0 radical (unpaired) electrons. The molecule has 0 spiro atoms. The van der Waals surface area contributed by atoms with Gasteiger partial charge in [-0.1, -0.05) is 12.5 Å². The van der Waals surface area contributed by atoms with E-state index in [1.54, 1.807) is 0 Å². The van der Waals surface area contributed by atoms with E-state index in [4.69, 9.17) is 10.2 Å². The smallest absolute Gasteiger partial charge is 0.862 e. The fraction of sp³-hybridized carbons (Fsp3) is 0.750. The van der Waals surface area contributed by atoms with E-state index in [-0.39, 0.29) is 48.5 Å². The first-order valence-electron chi connectivity index (χ1n) is 7.96. The molecular weight excluding hydrogens is 307 g/mol. The average molecular weight is 336 g/mol. The minimum absolute atomic E-state index is 0. The van der Waals surface area contributed by atoms with E-state index in [1.165, 1.54) is 0 Å². The summed E-state index contributed by atoms with van der Waals surface area (Å²) >= 11 is 0. The molecule has 0 unspecified atom stereocenters. The second-order valence-electron chi connectivity index (χ2n) is 5.23. The number of rotatable bonds is 15. The Kier molecular flexibility index (Phi) is 19.4. The fourth-order valence-electron chi connectivity index (χ4n) is 2.02. The van der Waals surface area contributed by atoms with Gasteiger partial charge in [-0.15, -0.1) is 6.58 Å². The predicted molar refractivity (Wildman–Crippen MR) is 86.0 cm³/mol. The summed E-state index contributed by atoms with van der Waals surface area (Å²) in [7, 11) is 0. The van der Waals surface area contributed by atoms with Crippen LogP contribution in [0.4, 0.5) is 0 Å². The standard InChI is InChI=1S/C16H30N2O4.Na/c1-2-3-4-5-6-8-15(20)17-10-13-18(11-7-14-19)12-9-16(21)22;/h2,19H,1,3-14H2,(H,17,20)(H,21,22);/q;+1/p-1. The largest absolute Gasteiger partial charge is 1.00 e. The number of hydrogen-bond donors (Lipinski definition) is 2. The second-order valence-corrected chi connectivity index (χ2v) is 5.23. The van der Waals surface area contributed by atoms with Crippen molar-refractivity contribution in [1.29, 1.82) is 0 Å². The Bertz CT molecular complexity index is 338. The van der Waals surface area contributed by atoms with Gasteiger partial charge in [0.1, 0.15) is 0 Å². The molecule has 0 aromatic heterocycles. The quantitative estimate of drug-likeness (QED) is 0.119. The van der Waals surface area contributed by atoms with Crippen molar-refractivity contribution in [2.24, 2.45) is 4.99 Å². The third-order valence-corrected chi connectivity index (χ3v) is 3.28. The number of carboxylic acids is 1. The van der Waals surface area contributed by atoms with Crippen LogP contribution in [0.3, 0.4) is 0 Å². The molecule has 7 heteroatoms. The minimum Gasteiger partial charge on any atom is -0.862 e. The molecule has 0 atom stereocenters. The van der Waals surface area contributed by atoms with Crippen LogP contribution in [0.1, 0.15) is 44.9 Å². The number of aliphatic hydroxyl groups excluding tert-OH is 1. The van der Waals surface area contributed by atoms with Crippen molar-refractivity contribution in [3.63, 3.8) is 0 Å². The van der Waals surface area contributed by atoms with Crippen LogP contribution in [0.2, 0.25) is 0 Å². The van der Waals surface area contributed by atoms with Gasteiger partial charge in [0, 0.05) is 26.2 Å². The van der Waals surface area contributed by atoms with Gasteiger partial charge in [0.25, 0.3) is 0 Å². The molecule has 0 heterocycles. The molecule has 2 N–H and O–H groups in total. The summed E-state index contributed by atoms with van der Waals surface area (Å²) in [5.41, 5.74) is 0. The Morgan fingerprint density at radius 3 is 2.48 bits per heavy atom. The molecule has 0 saturated heterocycles. The van der Waals surface area contributed by atoms with Crippen molar-refractivity contribution in [2.75, 3.05) is 32.8 Å². The Morgan fingerprint density at radius 2 is 1.87 bits per heavy atom. The second kappa shape index (κ2) is 17.9. The normalized spacial score (nSPS) is 11.3. The van der Waals surface area contributed by atoms with Crippen LogP contribution >= 0.6 is 0 Å². The average Bonchev–Trinajstić information content (AvgIpc) is 2.49. The number of nitrogens with zero attached hydrogens (tertiary/aromatic N) is 2. The molecular formula is C16H29N2NaO4. The summed E-state index contributed by atoms with van der Waals surface area (Å²) in [6, 6.07) is 0. The van der Waals surface area contributed by atoms with Crippen molar-refractivity contribution < 1.29 is 49.7 Å². The number of allylic oxidation sites excluding steroid dienone is 1. The van der Waals surface area contributed by atoms with Crippen LogP contribution in [-0.2, 0) is 4.79 Å². The zero-order valence-corrected chi connectivity index (χ0v) is 16.4. The summed E-state index contributed by atoms with van der Waals surface area (Å²) in [6.45, 7) is 5.70. The molecule has 6 nitrogen and oxygen atoms in total. The molecule has 0 aliphatic carbocycles. The number of carbonyl (C=O) groups is 1. The van der Waals surface area contributed by atoms with E-state index in [9.17, 15) is 9.90 Å². The topological polar surface area (TPSA) is 96.2 Å². The van der Waals surface area contributed by atoms with Crippen molar-refractivity contribution in [2.45, 2.75) is 44.9 Å². The summed E-state index contributed by atoms with van der Waals surface area (Å²) in [4.78, 5) is 16.5. The van der Waals surface area contributed by atoms with Gasteiger partial charge in [-0.2, -0.15) is 0 Å². The molecule has 0 bridgehead atoms. The molecule has 128 valence electrons. The molecule has 0 saturated carbocycles. The van der Waals surface area contributed by atoms with Gasteiger partial charge in [0.05, 0.1) is 13.0 Å². The summed E-state index contributed by atoms with van der Waals surface area (Å²) in [6.07, 6.45) is 6.90. The SMILES string of the molecule is C=CCCCCCC([O-])=NCCN(CCCO)CCC(=O)O.[Na+]. The van der Waals surface area contributed by atoms with Crippen molar-refractivity contribution in [3.05, 3.63) is 12.7 Å². The zero-order valence-electron chi connectivity index (χ0n) is 14.4. The van der Waals surface area contributed by atoms with E-state index in [0.717, 1.165) is 25.7 Å². The van der Waals surface area contributed by atoms with Gasteiger partial charge in [0.15, 0.2) is 0 Å². The van der Waals surface area contributed by atoms with E-state index in [2.05, 4.69) is 11.6 Å². The van der Waals surface area contributed by atoms with E-state index in [1.807, 2.05) is 11.0 Å². The van der Waals surface area contributed by atoms with Gasteiger partial charge >= 0.3 is 35.5 Å². The first-order chi connectivity index (χ1) is 10.6. The van der Waals surface area contributed by atoms with Gasteiger partial charge in [-0.3, -0.25) is 4.79 Å². The third kappa shape index (κ3) is 17.8. The van der Waals surface area contributed by atoms with E-state index in [0.29, 0.717) is 39.0 Å². The number of aliphatic hydroxyl groups is 1. The van der Waals surface area contributed by atoms with Crippen LogP contribution in [-0.4, -0.2) is 59.8 Å². The zero-order chi connectivity index (χ0) is 16.6. The van der Waals surface area contributed by atoms with Crippen LogP contribution in [0.25, 0.3) is 0 Å². The maximum absolute atomic E-state index is 11.6. The summed E-state index contributed by atoms with van der Waals surface area (Å²) in [5.74, 6) is -0.930. The molecule has 0 aliphatic heterocycles. The number of aliphatic carboxylic acids is 1. The van der Waals surface area contributed by atoms with Crippen LogP contribution in [0.15, 0.2) is 17.6 Å². The monoisotopic (exact) mass is 336 g/mol. The van der Waals surface area contributed by atoms with E-state index >= 15 is 0 Å². The molecule has 0 aliphatic rings. The Labute approximate surface area is 161 Å². The van der Waals surface area contributed by atoms with E-state index < -0.39 is 5.97 Å². The Hall–Kier alpha value is -0.400. The van der Waals surface area contributed by atoms with Gasteiger partial charge in [0.2, 0.25) is 0 Å². The number of aliphatic imine (C=N–C) groups is 1. The van der Waals surface area contributed by atoms with Crippen LogP contribution < -0.4 is 34.7 Å². The molecule has 0 amide bonds. The van der Waals surface area contributed by atoms with Crippen molar-refractivity contribution >= 4 is 11.9 Å². The maximum Gasteiger partial charge on any atom is 1.00 e. The van der Waals surface area contributed by atoms with Gasteiger partial charge < -0.3 is 25.2 Å². The molecule has 23 heavy (non-hydrogen) atoms. The van der Waals surface area contributed by atoms with Crippen LogP contribution in [0.5, 0.6) is 0 Å². The van der Waals surface area contributed by atoms with Crippen molar-refractivity contribution in [3.8, 4) is 0 Å². The molecule has 0 fully saturated rings. The van der Waals surface area contributed by atoms with Crippen LogP contribution in [0, 0.1) is 0 Å². The maximum atomic E-state index is 11.6. The van der Waals surface area contributed by atoms with Gasteiger partial charge in [-0.25, -0.2) is 0 Å². The molecule has 0 aromatic rings. The third-order valence-electron chi connectivity index (χ3n) is 3.28. The predicted octanol–water partition coefficient (Wildman–Crippen LogP) is -1.96. The fourth-order valence-corrected chi connectivity index (χ4v) is 2.02. The molecule has 0 rings (SSSR count). The summed E-state index contributed by atoms with van der Waals surface area (Å²) < 4.78 is 0. The van der Waals surface area contributed by atoms with Gasteiger partial charge in [-0.05, 0) is 38.0 Å². The summed E-state index contributed by atoms with van der Waals surface area (Å²) in [5, 5.41) is 29.1. The molecule has 0 aromatic carbocycles. The van der Waals surface area contributed by atoms with Crippen molar-refractivity contribution in [1.82, 2.24) is 4.90 Å². The number of hydrogen-bond acceptors (Lipinski definition) is 5. The first-order valence-corrected chi connectivity index (χ1v) is 7.96. The Balaban J connectivity index is 0. The number of carboxylic acid groups (broad SMARTS) is 1. The minimum atomic E-state index is -0.846. The first kappa shape index (κ1) is 24.8. The Morgan fingerprint density at radius 1 is 1.13 bits per heavy atom.